The Bertz CT molecular complexity index is 646. The van der Waals surface area contributed by atoms with Crippen molar-refractivity contribution < 1.29 is 9.47 Å². The number of hydrogen-bond donors (Lipinski definition) is 1. The Morgan fingerprint density at radius 3 is 2.38 bits per heavy atom. The van der Waals surface area contributed by atoms with Crippen LogP contribution in [0.5, 0.6) is 11.5 Å². The second kappa shape index (κ2) is 7.35. The summed E-state index contributed by atoms with van der Waals surface area (Å²) in [5.41, 5.74) is 3.49. The lowest BCUT2D eigenvalue weighted by atomic mass is 10.1. The lowest BCUT2D eigenvalue weighted by molar-refractivity contribution is 0.354. The van der Waals surface area contributed by atoms with E-state index in [9.17, 15) is 0 Å². The molecule has 21 heavy (non-hydrogen) atoms. The zero-order valence-corrected chi connectivity index (χ0v) is 15.9. The van der Waals surface area contributed by atoms with Crippen LogP contribution in [0.15, 0.2) is 34.8 Å². The maximum absolute atomic E-state index is 5.35. The van der Waals surface area contributed by atoms with Gasteiger partial charge in [0.05, 0.1) is 14.2 Å². The van der Waals surface area contributed by atoms with Crippen molar-refractivity contribution in [1.82, 2.24) is 0 Å². The fourth-order valence-corrected chi connectivity index (χ4v) is 3.16. The zero-order valence-electron chi connectivity index (χ0n) is 12.2. The average molecular weight is 462 g/mol. The second-order valence-electron chi connectivity index (χ2n) is 4.61. The third kappa shape index (κ3) is 4.03. The van der Waals surface area contributed by atoms with Gasteiger partial charge in [0.2, 0.25) is 0 Å². The number of rotatable bonds is 5. The molecule has 0 amide bonds. The Kier molecular flexibility index (Phi) is 5.75. The molecular formula is C16H17BrINO2. The molecule has 0 bridgehead atoms. The molecule has 0 aliphatic carbocycles. The molecule has 0 aromatic heterocycles. The van der Waals surface area contributed by atoms with Crippen molar-refractivity contribution in [1.29, 1.82) is 0 Å². The Labute approximate surface area is 147 Å². The molecule has 0 spiro atoms. The van der Waals surface area contributed by atoms with E-state index in [1.54, 1.807) is 14.2 Å². The number of hydrogen-bond acceptors (Lipinski definition) is 3. The largest absolute Gasteiger partial charge is 0.493 e. The van der Waals surface area contributed by atoms with Gasteiger partial charge in [-0.05, 0) is 71.0 Å². The predicted octanol–water partition coefficient (Wildman–Crippen LogP) is 4.99. The van der Waals surface area contributed by atoms with E-state index in [2.05, 4.69) is 69.0 Å². The summed E-state index contributed by atoms with van der Waals surface area (Å²) in [6.45, 7) is 2.82. The first-order chi connectivity index (χ1) is 10.0. The lowest BCUT2D eigenvalue weighted by Gasteiger charge is -2.14. The molecule has 5 heteroatoms. The van der Waals surface area contributed by atoms with Crippen LogP contribution in [0.4, 0.5) is 5.69 Å². The van der Waals surface area contributed by atoms with E-state index in [4.69, 9.17) is 9.47 Å². The first kappa shape index (κ1) is 16.4. The van der Waals surface area contributed by atoms with Crippen LogP contribution >= 0.6 is 38.5 Å². The first-order valence-electron chi connectivity index (χ1n) is 6.45. The highest BCUT2D eigenvalue weighted by molar-refractivity contribution is 14.1. The highest BCUT2D eigenvalue weighted by Gasteiger charge is 2.09. The van der Waals surface area contributed by atoms with Gasteiger partial charge >= 0.3 is 0 Å². The molecule has 2 aromatic rings. The van der Waals surface area contributed by atoms with Crippen LogP contribution in [0.25, 0.3) is 0 Å². The van der Waals surface area contributed by atoms with Crippen molar-refractivity contribution in [3.8, 4) is 11.5 Å². The Morgan fingerprint density at radius 1 is 1.10 bits per heavy atom. The molecule has 0 unspecified atom stereocenters. The molecule has 3 nitrogen and oxygen atoms in total. The third-order valence-corrected chi connectivity index (χ3v) is 4.62. The maximum atomic E-state index is 5.35. The highest BCUT2D eigenvalue weighted by atomic mass is 127. The van der Waals surface area contributed by atoms with Crippen LogP contribution in [-0.4, -0.2) is 14.2 Å². The standard InChI is InChI=1S/C16H17BrINO2/c1-10-6-12(18)4-5-14(10)19-9-11-7-15(20-2)16(21-3)8-13(11)17/h4-8,19H,9H2,1-3H3. The van der Waals surface area contributed by atoms with Crippen molar-refractivity contribution in [2.24, 2.45) is 0 Å². The molecule has 2 aromatic carbocycles. The molecule has 0 radical (unpaired) electrons. The molecule has 0 saturated heterocycles. The quantitative estimate of drug-likeness (QED) is 0.636. The summed E-state index contributed by atoms with van der Waals surface area (Å²) in [6.07, 6.45) is 0. The number of aryl methyl sites for hydroxylation is 1. The molecule has 0 atom stereocenters. The Balaban J connectivity index is 2.19. The van der Waals surface area contributed by atoms with Gasteiger partial charge in [0, 0.05) is 20.3 Å². The van der Waals surface area contributed by atoms with Crippen molar-refractivity contribution in [2.45, 2.75) is 13.5 Å². The van der Waals surface area contributed by atoms with Crippen molar-refractivity contribution >= 4 is 44.2 Å². The number of benzene rings is 2. The fourth-order valence-electron chi connectivity index (χ4n) is 2.05. The van der Waals surface area contributed by atoms with E-state index >= 15 is 0 Å². The maximum Gasteiger partial charge on any atom is 0.161 e. The van der Waals surface area contributed by atoms with Crippen molar-refractivity contribution in [3.05, 3.63) is 49.5 Å². The van der Waals surface area contributed by atoms with E-state index in [0.717, 1.165) is 27.2 Å². The number of methoxy groups -OCH3 is 2. The van der Waals surface area contributed by atoms with Crippen LogP contribution in [0.2, 0.25) is 0 Å². The summed E-state index contributed by atoms with van der Waals surface area (Å²) in [4.78, 5) is 0. The van der Waals surface area contributed by atoms with Gasteiger partial charge in [-0.3, -0.25) is 0 Å². The summed E-state index contributed by atoms with van der Waals surface area (Å²) in [7, 11) is 3.28. The van der Waals surface area contributed by atoms with Gasteiger partial charge in [-0.15, -0.1) is 0 Å². The molecule has 0 fully saturated rings. The predicted molar refractivity (Wildman–Crippen MR) is 98.5 cm³/mol. The number of nitrogens with one attached hydrogen (secondary N) is 1. The van der Waals surface area contributed by atoms with Crippen LogP contribution in [0.1, 0.15) is 11.1 Å². The van der Waals surface area contributed by atoms with E-state index < -0.39 is 0 Å². The normalized spacial score (nSPS) is 10.3. The van der Waals surface area contributed by atoms with E-state index in [1.165, 1.54) is 9.13 Å². The van der Waals surface area contributed by atoms with Gasteiger partial charge < -0.3 is 14.8 Å². The molecule has 2 rings (SSSR count). The SMILES string of the molecule is COc1cc(Br)c(CNc2ccc(I)cc2C)cc1OC. The summed E-state index contributed by atoms with van der Waals surface area (Å²) < 4.78 is 12.9. The molecule has 1 N–H and O–H groups in total. The molecule has 0 saturated carbocycles. The number of halogens is 2. The number of anilines is 1. The summed E-state index contributed by atoms with van der Waals surface area (Å²) in [5.74, 6) is 1.45. The summed E-state index contributed by atoms with van der Waals surface area (Å²) in [5, 5.41) is 3.46. The summed E-state index contributed by atoms with van der Waals surface area (Å²) >= 11 is 5.90. The third-order valence-electron chi connectivity index (χ3n) is 3.21. The average Bonchev–Trinajstić information content (AvgIpc) is 2.47. The topological polar surface area (TPSA) is 30.5 Å². The van der Waals surface area contributed by atoms with Crippen molar-refractivity contribution in [3.63, 3.8) is 0 Å². The van der Waals surface area contributed by atoms with Gasteiger partial charge in [-0.25, -0.2) is 0 Å². The van der Waals surface area contributed by atoms with Gasteiger partial charge in [-0.1, -0.05) is 15.9 Å². The van der Waals surface area contributed by atoms with Gasteiger partial charge in [0.15, 0.2) is 11.5 Å². The van der Waals surface area contributed by atoms with Crippen LogP contribution < -0.4 is 14.8 Å². The van der Waals surface area contributed by atoms with Crippen LogP contribution in [0, 0.1) is 10.5 Å². The Hall–Kier alpha value is -0.950. The Morgan fingerprint density at radius 2 is 1.76 bits per heavy atom. The molecule has 0 aliphatic heterocycles. The van der Waals surface area contributed by atoms with E-state index in [-0.39, 0.29) is 0 Å². The molecule has 0 heterocycles. The van der Waals surface area contributed by atoms with Gasteiger partial charge in [0.25, 0.3) is 0 Å². The molecular weight excluding hydrogens is 445 g/mol. The number of ether oxygens (including phenoxy) is 2. The van der Waals surface area contributed by atoms with Crippen LogP contribution in [-0.2, 0) is 6.54 Å². The fraction of sp³-hybridized carbons (Fsp3) is 0.250. The monoisotopic (exact) mass is 461 g/mol. The summed E-state index contributed by atoms with van der Waals surface area (Å²) in [6, 6.07) is 10.3. The lowest BCUT2D eigenvalue weighted by Crippen LogP contribution is -2.03. The highest BCUT2D eigenvalue weighted by Crippen LogP contribution is 2.33. The molecule has 112 valence electrons. The smallest absolute Gasteiger partial charge is 0.161 e. The van der Waals surface area contributed by atoms with Gasteiger partial charge in [0.1, 0.15) is 0 Å². The minimum Gasteiger partial charge on any atom is -0.493 e. The first-order valence-corrected chi connectivity index (χ1v) is 8.32. The van der Waals surface area contributed by atoms with Gasteiger partial charge in [-0.2, -0.15) is 0 Å². The molecule has 0 aliphatic rings. The minimum atomic E-state index is 0.711. The van der Waals surface area contributed by atoms with E-state index in [1.807, 2.05) is 12.1 Å². The van der Waals surface area contributed by atoms with Crippen molar-refractivity contribution in [2.75, 3.05) is 19.5 Å². The van der Waals surface area contributed by atoms with Crippen LogP contribution in [0.3, 0.4) is 0 Å². The second-order valence-corrected chi connectivity index (χ2v) is 6.71. The minimum absolute atomic E-state index is 0.711. The van der Waals surface area contributed by atoms with E-state index in [0.29, 0.717) is 6.54 Å². The zero-order chi connectivity index (χ0) is 15.4.